The van der Waals surface area contributed by atoms with Gasteiger partial charge in [-0.15, -0.1) is 24.0 Å². The number of unbranched alkanes of at least 4 members (excludes halogenated alkanes) is 1. The number of halogens is 1. The lowest BCUT2D eigenvalue weighted by Crippen LogP contribution is -2.39. The van der Waals surface area contributed by atoms with E-state index in [1.807, 2.05) is 6.07 Å². The number of nitrogens with one attached hydrogen (secondary N) is 2. The first-order valence-electron chi connectivity index (χ1n) is 9.54. The van der Waals surface area contributed by atoms with Gasteiger partial charge in [-0.3, -0.25) is 0 Å². The van der Waals surface area contributed by atoms with E-state index in [2.05, 4.69) is 47.7 Å². The fourth-order valence-electron chi connectivity index (χ4n) is 2.31. The van der Waals surface area contributed by atoms with Gasteiger partial charge in [-0.25, -0.2) is 4.99 Å². The normalized spacial score (nSPS) is 11.1. The molecule has 1 aromatic rings. The smallest absolute Gasteiger partial charge is 0.191 e. The molecule has 0 amide bonds. The Balaban J connectivity index is 0.00000676. The molecule has 0 saturated heterocycles. The maximum atomic E-state index is 5.56. The number of nitrogens with zero attached hydrogens (tertiary/aromatic N) is 1. The minimum Gasteiger partial charge on any atom is -0.380 e. The van der Waals surface area contributed by atoms with E-state index in [0.29, 0.717) is 39.5 Å². The van der Waals surface area contributed by atoms with Crippen molar-refractivity contribution >= 4 is 29.9 Å². The lowest BCUT2D eigenvalue weighted by molar-refractivity contribution is 0.0487. The summed E-state index contributed by atoms with van der Waals surface area (Å²) in [5, 5.41) is 6.54. The summed E-state index contributed by atoms with van der Waals surface area (Å²) in [5.74, 6) is 0.799. The highest BCUT2D eigenvalue weighted by Crippen LogP contribution is 2.07. The molecule has 0 unspecified atom stereocenters. The van der Waals surface area contributed by atoms with Gasteiger partial charge in [0.05, 0.1) is 33.0 Å². The Morgan fingerprint density at radius 1 is 1.00 bits per heavy atom. The molecule has 0 heterocycles. The zero-order valence-corrected chi connectivity index (χ0v) is 19.3. The highest BCUT2D eigenvalue weighted by Gasteiger charge is 1.99. The molecule has 0 aliphatic heterocycles. The van der Waals surface area contributed by atoms with Crippen LogP contribution in [0.15, 0.2) is 29.3 Å². The fourth-order valence-corrected chi connectivity index (χ4v) is 2.31. The molecule has 0 spiro atoms. The molecule has 1 aromatic carbocycles. The zero-order valence-electron chi connectivity index (χ0n) is 17.0. The Labute approximate surface area is 181 Å². The molecule has 0 aliphatic carbocycles. The molecule has 6 nitrogen and oxygen atoms in total. The maximum absolute atomic E-state index is 5.56. The molecule has 0 bridgehead atoms. The average Bonchev–Trinajstić information content (AvgIpc) is 2.65. The monoisotopic (exact) mass is 493 g/mol. The minimum absolute atomic E-state index is 0. The van der Waals surface area contributed by atoms with E-state index >= 15 is 0 Å². The zero-order chi connectivity index (χ0) is 18.9. The van der Waals surface area contributed by atoms with E-state index in [0.717, 1.165) is 43.1 Å². The molecule has 0 radical (unpaired) electrons. The number of rotatable bonds is 14. The molecule has 0 atom stereocenters. The summed E-state index contributed by atoms with van der Waals surface area (Å²) in [6, 6.07) is 8.30. The van der Waals surface area contributed by atoms with E-state index in [1.54, 1.807) is 7.11 Å². The topological polar surface area (TPSA) is 64.1 Å². The van der Waals surface area contributed by atoms with Gasteiger partial charge < -0.3 is 24.8 Å². The molecule has 0 aromatic heterocycles. The third kappa shape index (κ3) is 13.8. The lowest BCUT2D eigenvalue weighted by atomic mass is 10.1. The molecule has 0 aliphatic rings. The van der Waals surface area contributed by atoms with Gasteiger partial charge in [0.15, 0.2) is 5.96 Å². The van der Waals surface area contributed by atoms with Crippen LogP contribution < -0.4 is 10.6 Å². The first kappa shape index (κ1) is 26.1. The van der Waals surface area contributed by atoms with Crippen LogP contribution in [0.4, 0.5) is 0 Å². The SMILES string of the molecule is CCCCOCCOCCNC(=NCc1cccc(COC)c1)NCC.I. The molecule has 156 valence electrons. The second-order valence-electron chi connectivity index (χ2n) is 5.95. The maximum Gasteiger partial charge on any atom is 0.191 e. The van der Waals surface area contributed by atoms with Crippen LogP contribution in [0.25, 0.3) is 0 Å². The van der Waals surface area contributed by atoms with Crippen LogP contribution in [0, 0.1) is 0 Å². The molecular weight excluding hydrogens is 457 g/mol. The molecular formula is C20H36IN3O3. The van der Waals surface area contributed by atoms with Crippen molar-refractivity contribution in [2.24, 2.45) is 4.99 Å². The van der Waals surface area contributed by atoms with Gasteiger partial charge in [0.1, 0.15) is 0 Å². The quantitative estimate of drug-likeness (QED) is 0.180. The van der Waals surface area contributed by atoms with Crippen LogP contribution in [0.5, 0.6) is 0 Å². The fraction of sp³-hybridized carbons (Fsp3) is 0.650. The molecule has 0 saturated carbocycles. The van der Waals surface area contributed by atoms with Gasteiger partial charge in [-0.2, -0.15) is 0 Å². The Bertz CT molecular complexity index is 501. The van der Waals surface area contributed by atoms with Crippen molar-refractivity contribution in [2.45, 2.75) is 39.8 Å². The van der Waals surface area contributed by atoms with Crippen molar-refractivity contribution in [3.05, 3.63) is 35.4 Å². The van der Waals surface area contributed by atoms with Crippen molar-refractivity contribution in [1.29, 1.82) is 0 Å². The molecule has 7 heteroatoms. The number of benzene rings is 1. The largest absolute Gasteiger partial charge is 0.380 e. The van der Waals surface area contributed by atoms with E-state index < -0.39 is 0 Å². The summed E-state index contributed by atoms with van der Waals surface area (Å²) in [4.78, 5) is 4.63. The van der Waals surface area contributed by atoms with Crippen LogP contribution in [0.3, 0.4) is 0 Å². The average molecular weight is 493 g/mol. The Morgan fingerprint density at radius 3 is 2.44 bits per heavy atom. The molecule has 27 heavy (non-hydrogen) atoms. The Kier molecular flexibility index (Phi) is 17.8. The number of hydrogen-bond donors (Lipinski definition) is 2. The number of aliphatic imine (C=N–C) groups is 1. The standard InChI is InChI=1S/C20H35N3O3.HI/c1-4-6-11-25-13-14-26-12-10-22-20(21-5-2)23-16-18-8-7-9-19(15-18)17-24-3;/h7-9,15H,4-6,10-14,16-17H2,1-3H3,(H2,21,22,23);1H. The van der Waals surface area contributed by atoms with Crippen LogP contribution >= 0.6 is 24.0 Å². The van der Waals surface area contributed by atoms with Crippen molar-refractivity contribution in [3.8, 4) is 0 Å². The van der Waals surface area contributed by atoms with E-state index in [4.69, 9.17) is 14.2 Å². The number of hydrogen-bond acceptors (Lipinski definition) is 4. The van der Waals surface area contributed by atoms with Crippen LogP contribution in [0.1, 0.15) is 37.8 Å². The van der Waals surface area contributed by atoms with Crippen LogP contribution in [-0.4, -0.2) is 52.6 Å². The highest BCUT2D eigenvalue weighted by molar-refractivity contribution is 14.0. The third-order valence-electron chi connectivity index (χ3n) is 3.62. The number of ether oxygens (including phenoxy) is 3. The first-order chi connectivity index (χ1) is 12.8. The summed E-state index contributed by atoms with van der Waals surface area (Å²) in [5.41, 5.74) is 2.32. The summed E-state index contributed by atoms with van der Waals surface area (Å²) < 4.78 is 16.2. The molecule has 2 N–H and O–H groups in total. The van der Waals surface area contributed by atoms with Crippen molar-refractivity contribution < 1.29 is 14.2 Å². The minimum atomic E-state index is 0. The Hall–Kier alpha value is -0.900. The van der Waals surface area contributed by atoms with Gasteiger partial charge in [-0.05, 0) is 24.5 Å². The predicted molar refractivity (Wildman–Crippen MR) is 122 cm³/mol. The molecule has 0 fully saturated rings. The predicted octanol–water partition coefficient (Wildman–Crippen LogP) is 3.34. The van der Waals surface area contributed by atoms with E-state index in [1.165, 1.54) is 0 Å². The lowest BCUT2D eigenvalue weighted by Gasteiger charge is -2.12. The molecule has 1 rings (SSSR count). The highest BCUT2D eigenvalue weighted by atomic mass is 127. The van der Waals surface area contributed by atoms with Crippen LogP contribution in [0.2, 0.25) is 0 Å². The summed E-state index contributed by atoms with van der Waals surface area (Å²) >= 11 is 0. The Morgan fingerprint density at radius 2 is 1.74 bits per heavy atom. The number of guanidine groups is 1. The van der Waals surface area contributed by atoms with Crippen molar-refractivity contribution in [1.82, 2.24) is 10.6 Å². The van der Waals surface area contributed by atoms with Crippen LogP contribution in [-0.2, 0) is 27.4 Å². The summed E-state index contributed by atoms with van der Waals surface area (Å²) in [7, 11) is 1.71. The number of methoxy groups -OCH3 is 1. The van der Waals surface area contributed by atoms with Crippen molar-refractivity contribution in [2.75, 3.05) is 46.6 Å². The summed E-state index contributed by atoms with van der Waals surface area (Å²) in [6.07, 6.45) is 2.27. The van der Waals surface area contributed by atoms with E-state index in [9.17, 15) is 0 Å². The first-order valence-corrected chi connectivity index (χ1v) is 9.54. The second-order valence-corrected chi connectivity index (χ2v) is 5.95. The van der Waals surface area contributed by atoms with Crippen molar-refractivity contribution in [3.63, 3.8) is 0 Å². The summed E-state index contributed by atoms with van der Waals surface area (Å²) in [6.45, 7) is 9.73. The third-order valence-corrected chi connectivity index (χ3v) is 3.62. The van der Waals surface area contributed by atoms with Gasteiger partial charge in [-0.1, -0.05) is 37.6 Å². The second kappa shape index (κ2) is 18.5. The van der Waals surface area contributed by atoms with Gasteiger partial charge in [0.2, 0.25) is 0 Å². The van der Waals surface area contributed by atoms with E-state index in [-0.39, 0.29) is 24.0 Å². The van der Waals surface area contributed by atoms with Gasteiger partial charge >= 0.3 is 0 Å². The van der Waals surface area contributed by atoms with Gasteiger partial charge in [0.25, 0.3) is 0 Å². The van der Waals surface area contributed by atoms with Gasteiger partial charge in [0, 0.05) is 26.8 Å².